The molecule has 0 amide bonds. The Bertz CT molecular complexity index is 1770. The minimum Gasteiger partial charge on any atom is -0.507 e. The van der Waals surface area contributed by atoms with Gasteiger partial charge in [-0.15, -0.1) is 0 Å². The Morgan fingerprint density at radius 2 is 1.72 bits per heavy atom. The number of H-pyrrole nitrogens is 1. The van der Waals surface area contributed by atoms with Gasteiger partial charge in [0.2, 0.25) is 0 Å². The van der Waals surface area contributed by atoms with Crippen LogP contribution in [0.15, 0.2) is 89.9 Å². The van der Waals surface area contributed by atoms with Crippen LogP contribution in [0.1, 0.15) is 40.3 Å². The first-order chi connectivity index (χ1) is 20.9. The monoisotopic (exact) mass is 580 g/mol. The number of benzene rings is 3. The molecule has 0 fully saturated rings. The highest BCUT2D eigenvalue weighted by Crippen LogP contribution is 2.37. The number of ether oxygens (including phenoxy) is 3. The van der Waals surface area contributed by atoms with E-state index in [2.05, 4.69) is 11.1 Å². The quantitative estimate of drug-likeness (QED) is 0.178. The van der Waals surface area contributed by atoms with Crippen molar-refractivity contribution in [2.45, 2.75) is 38.6 Å². The van der Waals surface area contributed by atoms with Crippen LogP contribution in [0.25, 0.3) is 10.9 Å². The molecular weight excluding hydrogens is 544 g/mol. The Balaban J connectivity index is 1.46. The maximum absolute atomic E-state index is 14.1. The van der Waals surface area contributed by atoms with E-state index in [1.54, 1.807) is 24.7 Å². The number of aryl methyl sites for hydroxylation is 2. The van der Waals surface area contributed by atoms with Crippen LogP contribution in [-0.4, -0.2) is 41.5 Å². The normalized spacial score (nSPS) is 11.8. The van der Waals surface area contributed by atoms with Crippen LogP contribution in [0, 0.1) is 6.92 Å². The molecule has 1 atom stereocenters. The summed E-state index contributed by atoms with van der Waals surface area (Å²) in [6.07, 6.45) is 3.09. The number of carbonyl (C=O) groups excluding carboxylic acids is 1. The second-order valence-electron chi connectivity index (χ2n) is 10.5. The predicted octanol–water partition coefficient (Wildman–Crippen LogP) is 5.91. The van der Waals surface area contributed by atoms with Gasteiger partial charge in [-0.1, -0.05) is 48.5 Å². The lowest BCUT2D eigenvalue weighted by atomic mass is 9.87. The number of aromatic amines is 1. The number of nitrogens with one attached hydrogen (secondary N) is 1. The van der Waals surface area contributed by atoms with Gasteiger partial charge in [-0.25, -0.2) is 0 Å². The van der Waals surface area contributed by atoms with E-state index in [0.29, 0.717) is 43.0 Å². The average molecular weight is 581 g/mol. The topological polar surface area (TPSA) is 103 Å². The van der Waals surface area contributed by atoms with E-state index in [1.165, 1.54) is 7.11 Å². The molecule has 43 heavy (non-hydrogen) atoms. The van der Waals surface area contributed by atoms with E-state index in [1.807, 2.05) is 72.9 Å². The molecule has 0 saturated heterocycles. The number of hydrogen-bond donors (Lipinski definition) is 2. The summed E-state index contributed by atoms with van der Waals surface area (Å²) in [5.74, 6) is -0.118. The highest BCUT2D eigenvalue weighted by atomic mass is 16.5. The average Bonchev–Trinajstić information content (AvgIpc) is 3.44. The zero-order valence-corrected chi connectivity index (χ0v) is 24.6. The third-order valence-electron chi connectivity index (χ3n) is 7.85. The highest BCUT2D eigenvalue weighted by molar-refractivity contribution is 5.83. The lowest BCUT2D eigenvalue weighted by Gasteiger charge is -2.22. The number of methoxy groups -OCH3 is 2. The molecule has 0 radical (unpaired) electrons. The Kier molecular flexibility index (Phi) is 9.15. The van der Waals surface area contributed by atoms with Crippen LogP contribution in [0.5, 0.6) is 17.2 Å². The third kappa shape index (κ3) is 6.59. The lowest BCUT2D eigenvalue weighted by Crippen LogP contribution is -2.29. The number of rotatable bonds is 12. The fourth-order valence-corrected chi connectivity index (χ4v) is 5.53. The Morgan fingerprint density at radius 3 is 2.49 bits per heavy atom. The first-order valence-electron chi connectivity index (χ1n) is 14.3. The van der Waals surface area contributed by atoms with Gasteiger partial charge in [-0.3, -0.25) is 9.59 Å². The van der Waals surface area contributed by atoms with E-state index >= 15 is 0 Å². The summed E-state index contributed by atoms with van der Waals surface area (Å²) in [7, 11) is 2.94. The SMILES string of the molecule is COC(=O)C[C@H](c1ccccc1OCCc1ccc(OC)cc1)c1c(O)cc(C)n(CCc2c[nH]c3ccccc23)c1=O. The lowest BCUT2D eigenvalue weighted by molar-refractivity contribution is -0.140. The number of fused-ring (bicyclic) bond motifs is 1. The Labute approximate surface area is 250 Å². The number of carbonyl (C=O) groups is 1. The van der Waals surface area contributed by atoms with Crippen molar-refractivity contribution in [1.29, 1.82) is 0 Å². The molecule has 0 bridgehead atoms. The first kappa shape index (κ1) is 29.5. The van der Waals surface area contributed by atoms with E-state index in [-0.39, 0.29) is 23.3 Å². The van der Waals surface area contributed by atoms with Crippen molar-refractivity contribution in [3.63, 3.8) is 0 Å². The standard InChI is InChI=1S/C35H36N2O6/c1-23-20-31(38)34(35(40)37(23)18-16-25-22-36-30-10-6-4-8-27(25)30)29(21-33(39)42-3)28-9-5-7-11-32(28)43-19-17-24-12-14-26(41-2)15-13-24/h4-15,20,22,29,36,38H,16-19,21H2,1-3H3/t29-/m1/s1. The second kappa shape index (κ2) is 13.3. The predicted molar refractivity (Wildman–Crippen MR) is 166 cm³/mol. The molecule has 0 aliphatic rings. The second-order valence-corrected chi connectivity index (χ2v) is 10.5. The van der Waals surface area contributed by atoms with Crippen molar-refractivity contribution in [2.75, 3.05) is 20.8 Å². The van der Waals surface area contributed by atoms with Crippen molar-refractivity contribution >= 4 is 16.9 Å². The van der Waals surface area contributed by atoms with Crippen molar-refractivity contribution in [3.05, 3.63) is 123 Å². The summed E-state index contributed by atoms with van der Waals surface area (Å²) in [5, 5.41) is 12.3. The molecule has 0 unspecified atom stereocenters. The van der Waals surface area contributed by atoms with Gasteiger partial charge in [0.1, 0.15) is 17.2 Å². The number of aromatic nitrogens is 2. The smallest absolute Gasteiger partial charge is 0.306 e. The molecular formula is C35H36N2O6. The van der Waals surface area contributed by atoms with Crippen LogP contribution in [0.4, 0.5) is 0 Å². The minimum atomic E-state index is -0.780. The summed E-state index contributed by atoms with van der Waals surface area (Å²) in [6.45, 7) is 2.58. The van der Waals surface area contributed by atoms with E-state index in [4.69, 9.17) is 14.2 Å². The van der Waals surface area contributed by atoms with Gasteiger partial charge in [0.25, 0.3) is 5.56 Å². The summed E-state index contributed by atoms with van der Waals surface area (Å²) in [5.41, 5.74) is 4.26. The summed E-state index contributed by atoms with van der Waals surface area (Å²) in [4.78, 5) is 30.0. The zero-order valence-electron chi connectivity index (χ0n) is 24.6. The molecule has 3 aromatic carbocycles. The van der Waals surface area contributed by atoms with Crippen LogP contribution >= 0.6 is 0 Å². The van der Waals surface area contributed by atoms with Gasteiger partial charge < -0.3 is 28.9 Å². The summed E-state index contributed by atoms with van der Waals surface area (Å²) < 4.78 is 18.1. The number of para-hydroxylation sites is 2. The molecule has 0 aliphatic heterocycles. The van der Waals surface area contributed by atoms with Gasteiger partial charge in [0, 0.05) is 47.2 Å². The van der Waals surface area contributed by atoms with Gasteiger partial charge in [0.05, 0.1) is 32.8 Å². The largest absolute Gasteiger partial charge is 0.507 e. The highest BCUT2D eigenvalue weighted by Gasteiger charge is 2.29. The molecule has 2 aromatic heterocycles. The van der Waals surface area contributed by atoms with Crippen molar-refractivity contribution in [1.82, 2.24) is 9.55 Å². The number of pyridine rings is 1. The molecule has 222 valence electrons. The maximum atomic E-state index is 14.1. The first-order valence-corrected chi connectivity index (χ1v) is 14.3. The van der Waals surface area contributed by atoms with Gasteiger partial charge >= 0.3 is 5.97 Å². The van der Waals surface area contributed by atoms with Crippen molar-refractivity contribution in [3.8, 4) is 17.2 Å². The fraction of sp³-hybridized carbons (Fsp3) is 0.257. The van der Waals surface area contributed by atoms with Crippen molar-refractivity contribution in [2.24, 2.45) is 0 Å². The number of nitrogens with zero attached hydrogens (tertiary/aromatic N) is 1. The molecule has 8 heteroatoms. The van der Waals surface area contributed by atoms with Crippen LogP contribution < -0.4 is 15.0 Å². The van der Waals surface area contributed by atoms with Crippen LogP contribution in [0.2, 0.25) is 0 Å². The van der Waals surface area contributed by atoms with Crippen LogP contribution in [0.3, 0.4) is 0 Å². The van der Waals surface area contributed by atoms with E-state index in [9.17, 15) is 14.7 Å². The zero-order chi connectivity index (χ0) is 30.3. The van der Waals surface area contributed by atoms with Gasteiger partial charge in [-0.05, 0) is 54.8 Å². The van der Waals surface area contributed by atoms with Gasteiger partial charge in [-0.2, -0.15) is 0 Å². The number of aromatic hydroxyl groups is 1. The van der Waals surface area contributed by atoms with E-state index < -0.39 is 11.9 Å². The molecule has 5 rings (SSSR count). The summed E-state index contributed by atoms with van der Waals surface area (Å²) in [6, 6.07) is 24.7. The molecule has 5 aromatic rings. The molecule has 0 spiro atoms. The third-order valence-corrected chi connectivity index (χ3v) is 7.85. The summed E-state index contributed by atoms with van der Waals surface area (Å²) >= 11 is 0. The Morgan fingerprint density at radius 1 is 0.977 bits per heavy atom. The fourth-order valence-electron chi connectivity index (χ4n) is 5.53. The molecule has 0 aliphatic carbocycles. The number of hydrogen-bond acceptors (Lipinski definition) is 6. The molecule has 8 nitrogen and oxygen atoms in total. The Hall–Kier alpha value is -4.98. The van der Waals surface area contributed by atoms with Gasteiger partial charge in [0.15, 0.2) is 0 Å². The molecule has 0 saturated carbocycles. The molecule has 2 N–H and O–H groups in total. The maximum Gasteiger partial charge on any atom is 0.306 e. The van der Waals surface area contributed by atoms with E-state index in [0.717, 1.165) is 27.8 Å². The van der Waals surface area contributed by atoms with Crippen LogP contribution in [-0.2, 0) is 28.9 Å². The number of esters is 1. The minimum absolute atomic E-state index is 0.135. The molecule has 2 heterocycles. The van der Waals surface area contributed by atoms with Crippen molar-refractivity contribution < 1.29 is 24.1 Å².